The lowest BCUT2D eigenvalue weighted by Crippen LogP contribution is -2.53. The van der Waals surface area contributed by atoms with Crippen LogP contribution >= 0.6 is 0 Å². The van der Waals surface area contributed by atoms with Crippen LogP contribution in [-0.4, -0.2) is 11.6 Å². The summed E-state index contributed by atoms with van der Waals surface area (Å²) in [5, 5.41) is 32.8. The lowest BCUT2D eigenvalue weighted by molar-refractivity contribution is 0.0921. The first-order chi connectivity index (χ1) is 25.1. The molecule has 2 nitrogen and oxygen atoms in total. The molecule has 0 N–H and O–H groups in total. The van der Waals surface area contributed by atoms with Crippen molar-refractivity contribution >= 4 is 141 Å². The van der Waals surface area contributed by atoms with Crippen molar-refractivity contribution in [3.8, 4) is 0 Å². The monoisotopic (exact) mass is 636 g/mol. The smallest absolute Gasteiger partial charge is 0.179 e. The molecule has 0 bridgehead atoms. The summed E-state index contributed by atoms with van der Waals surface area (Å²) in [7, 11) is 0. The van der Waals surface area contributed by atoms with E-state index >= 15 is 4.79 Å². The highest BCUT2D eigenvalue weighted by Gasteiger charge is 2.74. The number of rotatable bonds is 1. The second-order valence-corrected chi connectivity index (χ2v) is 16.7. The number of allylic oxidation sites excluding steroid dienone is 2. The summed E-state index contributed by atoms with van der Waals surface area (Å²) in [6.07, 6.45) is 4.69. The number of hydrogen-bond acceptors (Lipinski definition) is 2. The molecule has 2 heteroatoms. The van der Waals surface area contributed by atoms with Crippen molar-refractivity contribution in [1.29, 1.82) is 0 Å². The van der Waals surface area contributed by atoms with Gasteiger partial charge in [0.2, 0.25) is 0 Å². The molecule has 2 atom stereocenters. The van der Waals surface area contributed by atoms with E-state index in [0.29, 0.717) is 5.56 Å². The summed E-state index contributed by atoms with van der Waals surface area (Å²) in [6.45, 7) is 1.66. The highest BCUT2D eigenvalue weighted by atomic mass is 16.1. The Balaban J connectivity index is 1.36. The topological polar surface area (TPSA) is 34.1 Å². The van der Waals surface area contributed by atoms with E-state index in [1.54, 1.807) is 6.92 Å². The molecule has 5 aliphatic rings. The fourth-order valence-corrected chi connectivity index (χ4v) is 14.7. The molecule has 2 spiro atoms. The van der Waals surface area contributed by atoms with Gasteiger partial charge in [-0.05, 0) is 170 Å². The van der Waals surface area contributed by atoms with E-state index in [2.05, 4.69) is 66.7 Å². The lowest BCUT2D eigenvalue weighted by atomic mass is 9.48. The fraction of sp³-hybridized carbons (Fsp3) is 0.0612. The van der Waals surface area contributed by atoms with Crippen LogP contribution in [-0.2, 0) is 10.8 Å². The Hall–Kier alpha value is -6.38. The number of fused-ring (bicyclic) bond motifs is 4. The summed E-state index contributed by atoms with van der Waals surface area (Å²) >= 11 is 0. The van der Waals surface area contributed by atoms with Crippen LogP contribution in [0, 0.1) is 0 Å². The molecule has 0 aromatic heterocycles. The molecule has 0 amide bonds. The molecule has 0 fully saturated rings. The molecular formula is C49H16O2. The maximum absolute atomic E-state index is 16.1. The third-order valence-electron chi connectivity index (χ3n) is 15.7. The zero-order chi connectivity index (χ0) is 32.2. The molecule has 18 rings (SSSR count). The van der Waals surface area contributed by atoms with Crippen LogP contribution in [0.2, 0.25) is 0 Å². The molecule has 224 valence electrons. The first-order valence-corrected chi connectivity index (χ1v) is 18.2. The van der Waals surface area contributed by atoms with E-state index in [1.165, 1.54) is 146 Å². The van der Waals surface area contributed by atoms with Gasteiger partial charge in [-0.25, -0.2) is 0 Å². The molecule has 13 aromatic rings. The third kappa shape index (κ3) is 1.50. The number of ketones is 2. The standard InChI is InChI=1S/C49H16O2/c1-15(50)16-2-3-25-28(14-16)48-26-12-13-27-24-11-9-22-20-7-5-18-17-4-6-19-21-8-10-23(26)35-33(21)38-31(19)29(17)37-30(18)32(20)39-34(22)36(24)46(49(27,48)47(25)51)44-42(39)40(37)41(38)43(44)45(35)48/h2-14H,1H3. The molecule has 5 aliphatic carbocycles. The lowest BCUT2D eigenvalue weighted by Gasteiger charge is -2.50. The summed E-state index contributed by atoms with van der Waals surface area (Å²) in [5.74, 6) is 0.236. The van der Waals surface area contributed by atoms with E-state index in [9.17, 15) is 4.79 Å². The number of hydrogen-bond donors (Lipinski definition) is 0. The highest BCUT2D eigenvalue weighted by Crippen LogP contribution is 2.77. The molecular weight excluding hydrogens is 621 g/mol. The van der Waals surface area contributed by atoms with Gasteiger partial charge in [-0.2, -0.15) is 0 Å². The fourth-order valence-electron chi connectivity index (χ4n) is 14.7. The zero-order valence-electron chi connectivity index (χ0n) is 26.8. The van der Waals surface area contributed by atoms with Gasteiger partial charge in [-0.3, -0.25) is 9.59 Å². The largest absolute Gasteiger partial charge is 0.295 e. The van der Waals surface area contributed by atoms with Gasteiger partial charge in [0, 0.05) is 11.1 Å². The zero-order valence-corrected chi connectivity index (χ0v) is 26.8. The van der Waals surface area contributed by atoms with Crippen molar-refractivity contribution in [1.82, 2.24) is 0 Å². The Bertz CT molecular complexity index is 4230. The van der Waals surface area contributed by atoms with Gasteiger partial charge in [0.25, 0.3) is 0 Å². The molecule has 2 unspecified atom stereocenters. The average Bonchev–Trinajstić information content (AvgIpc) is 3.99. The first-order valence-electron chi connectivity index (χ1n) is 18.2. The van der Waals surface area contributed by atoms with Crippen LogP contribution in [0.15, 0.2) is 78.9 Å². The van der Waals surface area contributed by atoms with Gasteiger partial charge in [0.05, 0.1) is 5.41 Å². The Labute approximate surface area is 284 Å². The predicted molar refractivity (Wildman–Crippen MR) is 207 cm³/mol. The molecule has 0 radical (unpaired) electrons. The Morgan fingerprint density at radius 3 is 1.37 bits per heavy atom. The van der Waals surface area contributed by atoms with Crippen molar-refractivity contribution in [2.75, 3.05) is 0 Å². The predicted octanol–water partition coefficient (Wildman–Crippen LogP) is 9.71. The van der Waals surface area contributed by atoms with Gasteiger partial charge in [-0.15, -0.1) is 0 Å². The van der Waals surface area contributed by atoms with Gasteiger partial charge < -0.3 is 0 Å². The summed E-state index contributed by atoms with van der Waals surface area (Å²) in [6, 6.07) is 25.1. The van der Waals surface area contributed by atoms with Crippen molar-refractivity contribution in [2.24, 2.45) is 0 Å². The van der Waals surface area contributed by atoms with Gasteiger partial charge >= 0.3 is 0 Å². The van der Waals surface area contributed by atoms with Crippen LogP contribution < -0.4 is 10.4 Å². The minimum atomic E-state index is -0.934. The normalized spacial score (nSPS) is 22.7. The second-order valence-electron chi connectivity index (χ2n) is 16.7. The van der Waals surface area contributed by atoms with E-state index in [4.69, 9.17) is 0 Å². The van der Waals surface area contributed by atoms with E-state index in [0.717, 1.165) is 16.7 Å². The second kappa shape index (κ2) is 5.73. The minimum absolute atomic E-state index is 0.0363. The minimum Gasteiger partial charge on any atom is -0.295 e. The molecule has 13 aromatic carbocycles. The van der Waals surface area contributed by atoms with Gasteiger partial charge in [0.1, 0.15) is 5.41 Å². The maximum Gasteiger partial charge on any atom is 0.179 e. The SMILES string of the molecule is CC(=O)c1ccc2c(c1)C13C4=c5ccc6c7ccc8c9ccc%10c%11ccc%12c%13c(c%14c%15c1c5c6c1c7c8c5c9c%10c(c%13%11)c%14c5c%151)C3(C2=O)C=%12C=C4. The molecule has 0 heterocycles. The number of carbonyl (C=O) groups excluding carboxylic acids is 2. The number of carbonyl (C=O) groups is 2. The van der Waals surface area contributed by atoms with Crippen LogP contribution in [0.5, 0.6) is 0 Å². The van der Waals surface area contributed by atoms with Crippen molar-refractivity contribution in [3.05, 3.63) is 117 Å². The maximum atomic E-state index is 16.1. The van der Waals surface area contributed by atoms with Crippen molar-refractivity contribution < 1.29 is 9.59 Å². The third-order valence-corrected chi connectivity index (χ3v) is 15.7. The quantitative estimate of drug-likeness (QED) is 0.133. The summed E-state index contributed by atoms with van der Waals surface area (Å²) < 4.78 is 0. The number of benzene rings is 9. The molecule has 51 heavy (non-hydrogen) atoms. The molecule has 0 saturated heterocycles. The van der Waals surface area contributed by atoms with Crippen LogP contribution in [0.25, 0.3) is 130 Å². The first kappa shape index (κ1) is 22.4. The van der Waals surface area contributed by atoms with Crippen LogP contribution in [0.4, 0.5) is 0 Å². The molecule has 0 aliphatic heterocycles. The van der Waals surface area contributed by atoms with Crippen molar-refractivity contribution in [3.63, 3.8) is 0 Å². The highest BCUT2D eigenvalue weighted by molar-refractivity contribution is 6.64. The summed E-state index contributed by atoms with van der Waals surface area (Å²) in [4.78, 5) is 29.3. The van der Waals surface area contributed by atoms with E-state index in [-0.39, 0.29) is 11.6 Å². The average molecular weight is 637 g/mol. The number of Topliss-reactive ketones (excluding diaryl/α,β-unsaturated/α-hetero) is 2. The van der Waals surface area contributed by atoms with Crippen molar-refractivity contribution in [2.45, 2.75) is 17.8 Å². The Kier molecular flexibility index (Phi) is 2.51. The van der Waals surface area contributed by atoms with Crippen LogP contribution in [0.1, 0.15) is 44.3 Å². The van der Waals surface area contributed by atoms with E-state index < -0.39 is 10.8 Å². The van der Waals surface area contributed by atoms with E-state index in [1.807, 2.05) is 12.1 Å². The van der Waals surface area contributed by atoms with Gasteiger partial charge in [-0.1, -0.05) is 72.8 Å². The Morgan fingerprint density at radius 1 is 0.451 bits per heavy atom. The van der Waals surface area contributed by atoms with Gasteiger partial charge in [0.15, 0.2) is 11.6 Å². The molecule has 0 saturated carbocycles. The Morgan fingerprint density at radius 2 is 0.863 bits per heavy atom. The summed E-state index contributed by atoms with van der Waals surface area (Å²) in [5.41, 5.74) is 5.75. The van der Waals surface area contributed by atoms with Crippen LogP contribution in [0.3, 0.4) is 0 Å².